The topological polar surface area (TPSA) is 44.0 Å². The predicted octanol–water partition coefficient (Wildman–Crippen LogP) is 5.05. The van der Waals surface area contributed by atoms with E-state index in [0.29, 0.717) is 0 Å². The Kier molecular flexibility index (Phi) is 4.89. The molecule has 0 aliphatic carbocycles. The van der Waals surface area contributed by atoms with Crippen molar-refractivity contribution >= 4 is 23.2 Å². The number of nitriles is 1. The van der Waals surface area contributed by atoms with Crippen molar-refractivity contribution in [3.05, 3.63) is 33.3 Å². The van der Waals surface area contributed by atoms with Crippen LogP contribution in [0.25, 0.3) is 0 Å². The molecule has 0 aliphatic heterocycles. The van der Waals surface area contributed by atoms with Gasteiger partial charge in [-0.2, -0.15) is 18.4 Å². The Labute approximate surface area is 131 Å². The van der Waals surface area contributed by atoms with E-state index in [1.807, 2.05) is 0 Å². The lowest BCUT2D eigenvalue weighted by atomic mass is 9.77. The summed E-state index contributed by atoms with van der Waals surface area (Å²) in [4.78, 5) is 0. The van der Waals surface area contributed by atoms with E-state index in [1.165, 1.54) is 0 Å². The number of nitrogens with zero attached hydrogens (tertiary/aromatic N) is 1. The van der Waals surface area contributed by atoms with Crippen LogP contribution in [0.4, 0.5) is 13.2 Å². The van der Waals surface area contributed by atoms with Gasteiger partial charge < -0.3 is 5.11 Å². The van der Waals surface area contributed by atoms with Crippen molar-refractivity contribution in [1.82, 2.24) is 0 Å². The summed E-state index contributed by atoms with van der Waals surface area (Å²) in [6.07, 6.45) is -5.52. The van der Waals surface area contributed by atoms with Gasteiger partial charge in [0.15, 0.2) is 5.60 Å². The molecule has 0 saturated heterocycles. The Morgan fingerprint density at radius 3 is 2.05 bits per heavy atom. The fraction of sp³-hybridized carbons (Fsp3) is 0.500. The van der Waals surface area contributed by atoms with Gasteiger partial charge >= 0.3 is 6.18 Å². The summed E-state index contributed by atoms with van der Waals surface area (Å²) in [7, 11) is 0. The Morgan fingerprint density at radius 1 is 1.14 bits per heavy atom. The van der Waals surface area contributed by atoms with E-state index >= 15 is 0 Å². The summed E-state index contributed by atoms with van der Waals surface area (Å²) >= 11 is 11.6. The highest BCUT2D eigenvalue weighted by Gasteiger charge is 2.57. The maximum absolute atomic E-state index is 13.4. The van der Waals surface area contributed by atoms with Crippen LogP contribution in [0.3, 0.4) is 0 Å². The molecule has 0 radical (unpaired) electrons. The standard InChI is InChI=1S/C14H14Cl2F3NO/c1-12(2,3)7-13(21,14(17,18)19)9-5-4-8(6-20)10(15)11(9)16/h4-5,21H,7H2,1-3H3. The largest absolute Gasteiger partial charge is 0.421 e. The van der Waals surface area contributed by atoms with E-state index in [-0.39, 0.29) is 10.6 Å². The second kappa shape index (κ2) is 5.68. The molecule has 0 fully saturated rings. The first-order valence-corrected chi connectivity index (χ1v) is 6.77. The van der Waals surface area contributed by atoms with Crippen LogP contribution in [0.5, 0.6) is 0 Å². The predicted molar refractivity (Wildman–Crippen MR) is 75.2 cm³/mol. The summed E-state index contributed by atoms with van der Waals surface area (Å²) in [5, 5.41) is 18.3. The van der Waals surface area contributed by atoms with E-state index in [4.69, 9.17) is 28.5 Å². The lowest BCUT2D eigenvalue weighted by Gasteiger charge is -2.36. The Morgan fingerprint density at radius 2 is 1.67 bits per heavy atom. The van der Waals surface area contributed by atoms with Crippen molar-refractivity contribution in [3.63, 3.8) is 0 Å². The molecule has 0 bridgehead atoms. The molecule has 1 atom stereocenters. The first-order chi connectivity index (χ1) is 9.33. The SMILES string of the molecule is CC(C)(C)CC(O)(c1ccc(C#N)c(Cl)c1Cl)C(F)(F)F. The Bertz CT molecular complexity index is 588. The van der Waals surface area contributed by atoms with Gasteiger partial charge in [0.05, 0.1) is 15.6 Å². The molecule has 0 aliphatic rings. The van der Waals surface area contributed by atoms with Gasteiger partial charge in [-0.3, -0.25) is 0 Å². The van der Waals surface area contributed by atoms with Crippen molar-refractivity contribution in [2.45, 2.75) is 39.0 Å². The van der Waals surface area contributed by atoms with Gasteiger partial charge in [-0.15, -0.1) is 0 Å². The number of aliphatic hydroxyl groups is 1. The molecule has 116 valence electrons. The van der Waals surface area contributed by atoms with E-state index < -0.39 is 34.2 Å². The minimum Gasteiger partial charge on any atom is -0.376 e. The maximum Gasteiger partial charge on any atom is 0.421 e. The van der Waals surface area contributed by atoms with Gasteiger partial charge in [-0.25, -0.2) is 0 Å². The number of halogens is 5. The Balaban J connectivity index is 3.57. The molecule has 0 spiro atoms. The molecule has 21 heavy (non-hydrogen) atoms. The summed E-state index contributed by atoms with van der Waals surface area (Å²) in [6, 6.07) is 3.83. The minimum atomic E-state index is -4.93. The van der Waals surface area contributed by atoms with Crippen LogP contribution in [-0.2, 0) is 5.60 Å². The third-order valence-corrected chi connectivity index (χ3v) is 3.79. The van der Waals surface area contributed by atoms with Gasteiger partial charge in [0, 0.05) is 5.56 Å². The van der Waals surface area contributed by atoms with Crippen LogP contribution in [-0.4, -0.2) is 11.3 Å². The van der Waals surface area contributed by atoms with Crippen LogP contribution in [0.2, 0.25) is 10.0 Å². The van der Waals surface area contributed by atoms with Crippen LogP contribution in [0.15, 0.2) is 12.1 Å². The normalized spacial score (nSPS) is 15.4. The molecule has 1 aromatic rings. The molecular weight excluding hydrogens is 326 g/mol. The molecule has 0 aromatic heterocycles. The summed E-state index contributed by atoms with van der Waals surface area (Å²) in [5.74, 6) is 0. The average Bonchev–Trinajstić information content (AvgIpc) is 2.28. The molecule has 1 N–H and O–H groups in total. The number of hydrogen-bond acceptors (Lipinski definition) is 2. The van der Waals surface area contributed by atoms with Gasteiger partial charge in [-0.1, -0.05) is 50.0 Å². The molecule has 1 aromatic carbocycles. The van der Waals surface area contributed by atoms with Crippen molar-refractivity contribution < 1.29 is 18.3 Å². The van der Waals surface area contributed by atoms with E-state index in [9.17, 15) is 18.3 Å². The summed E-state index contributed by atoms with van der Waals surface area (Å²) < 4.78 is 40.2. The van der Waals surface area contributed by atoms with Crippen LogP contribution >= 0.6 is 23.2 Å². The highest BCUT2D eigenvalue weighted by atomic mass is 35.5. The highest BCUT2D eigenvalue weighted by molar-refractivity contribution is 6.43. The third-order valence-electron chi connectivity index (χ3n) is 2.90. The van der Waals surface area contributed by atoms with Crippen LogP contribution < -0.4 is 0 Å². The third kappa shape index (κ3) is 3.63. The zero-order chi connectivity index (χ0) is 16.6. The number of alkyl halides is 3. The van der Waals surface area contributed by atoms with Crippen molar-refractivity contribution in [1.29, 1.82) is 5.26 Å². The molecule has 1 rings (SSSR count). The summed E-state index contributed by atoms with van der Waals surface area (Å²) in [6.45, 7) is 4.72. The second-order valence-electron chi connectivity index (χ2n) is 6.00. The molecular formula is C14H14Cl2F3NO. The van der Waals surface area contributed by atoms with Gasteiger partial charge in [0.1, 0.15) is 6.07 Å². The lowest BCUT2D eigenvalue weighted by molar-refractivity contribution is -0.276. The average molecular weight is 340 g/mol. The first kappa shape index (κ1) is 18.1. The lowest BCUT2D eigenvalue weighted by Crippen LogP contribution is -2.45. The number of benzene rings is 1. The van der Waals surface area contributed by atoms with Gasteiger partial charge in [-0.05, 0) is 17.9 Å². The van der Waals surface area contributed by atoms with Crippen molar-refractivity contribution in [2.75, 3.05) is 0 Å². The minimum absolute atomic E-state index is 0.0503. The smallest absolute Gasteiger partial charge is 0.376 e. The highest BCUT2D eigenvalue weighted by Crippen LogP contribution is 2.49. The fourth-order valence-corrected chi connectivity index (χ4v) is 2.60. The monoisotopic (exact) mass is 339 g/mol. The Hall–Kier alpha value is -0.960. The van der Waals surface area contributed by atoms with Crippen molar-refractivity contribution in [2.24, 2.45) is 5.41 Å². The molecule has 0 amide bonds. The van der Waals surface area contributed by atoms with E-state index in [0.717, 1.165) is 12.1 Å². The molecule has 2 nitrogen and oxygen atoms in total. The van der Waals surface area contributed by atoms with Crippen LogP contribution in [0.1, 0.15) is 38.3 Å². The molecule has 0 saturated carbocycles. The molecule has 7 heteroatoms. The van der Waals surface area contributed by atoms with Crippen molar-refractivity contribution in [3.8, 4) is 6.07 Å². The first-order valence-electron chi connectivity index (χ1n) is 6.01. The fourth-order valence-electron chi connectivity index (χ4n) is 2.07. The van der Waals surface area contributed by atoms with Crippen LogP contribution in [0, 0.1) is 16.7 Å². The zero-order valence-corrected chi connectivity index (χ0v) is 13.2. The van der Waals surface area contributed by atoms with E-state index in [2.05, 4.69) is 0 Å². The quantitative estimate of drug-likeness (QED) is 0.819. The van der Waals surface area contributed by atoms with Gasteiger partial charge in [0.25, 0.3) is 0 Å². The maximum atomic E-state index is 13.4. The number of hydrogen-bond donors (Lipinski definition) is 1. The molecule has 0 heterocycles. The molecule has 1 unspecified atom stereocenters. The second-order valence-corrected chi connectivity index (χ2v) is 6.75. The van der Waals surface area contributed by atoms with Gasteiger partial charge in [0.2, 0.25) is 0 Å². The zero-order valence-electron chi connectivity index (χ0n) is 11.6. The van der Waals surface area contributed by atoms with E-state index in [1.54, 1.807) is 26.8 Å². The number of rotatable bonds is 2. The summed E-state index contributed by atoms with van der Waals surface area (Å²) in [5.41, 5.74) is -4.55.